The van der Waals surface area contributed by atoms with Crippen molar-refractivity contribution in [1.29, 1.82) is 0 Å². The van der Waals surface area contributed by atoms with E-state index in [0.717, 1.165) is 5.56 Å². The first kappa shape index (κ1) is 16.6. The highest BCUT2D eigenvalue weighted by atomic mass is 35.5. The van der Waals surface area contributed by atoms with Crippen LogP contribution >= 0.6 is 11.6 Å². The molecule has 3 rings (SSSR count). The zero-order chi connectivity index (χ0) is 17.6. The minimum absolute atomic E-state index is 0.0649. The van der Waals surface area contributed by atoms with Gasteiger partial charge in [0.1, 0.15) is 10.7 Å². The van der Waals surface area contributed by atoms with Crippen LogP contribution in [0.1, 0.15) is 11.4 Å². The number of primary sulfonamides is 1. The van der Waals surface area contributed by atoms with E-state index in [2.05, 4.69) is 4.98 Å². The lowest BCUT2D eigenvalue weighted by atomic mass is 10.2. The molecule has 8 heteroatoms. The summed E-state index contributed by atoms with van der Waals surface area (Å²) in [5, 5.41) is 5.23. The van der Waals surface area contributed by atoms with Crippen molar-refractivity contribution in [2.45, 2.75) is 18.7 Å². The number of nitrogens with zero attached hydrogens (tertiary/aromatic N) is 2. The van der Waals surface area contributed by atoms with Crippen molar-refractivity contribution in [3.05, 3.63) is 63.2 Å². The number of benzene rings is 2. The third-order valence-electron chi connectivity index (χ3n) is 3.75. The summed E-state index contributed by atoms with van der Waals surface area (Å²) < 4.78 is 24.7. The Kier molecular flexibility index (Phi) is 3.95. The van der Waals surface area contributed by atoms with E-state index in [9.17, 15) is 13.2 Å². The van der Waals surface area contributed by atoms with E-state index >= 15 is 0 Å². The van der Waals surface area contributed by atoms with Gasteiger partial charge in [-0.25, -0.2) is 18.5 Å². The average molecular weight is 364 g/mol. The van der Waals surface area contributed by atoms with E-state index in [4.69, 9.17) is 16.7 Å². The van der Waals surface area contributed by atoms with Crippen molar-refractivity contribution in [2.75, 3.05) is 0 Å². The van der Waals surface area contributed by atoms with E-state index in [1.54, 1.807) is 13.0 Å². The highest BCUT2D eigenvalue weighted by Crippen LogP contribution is 2.25. The molecule has 0 saturated carbocycles. The second kappa shape index (κ2) is 5.70. The first-order valence-corrected chi connectivity index (χ1v) is 8.94. The van der Waals surface area contributed by atoms with Crippen LogP contribution in [-0.4, -0.2) is 18.0 Å². The molecular formula is C16H14ClN3O3S. The van der Waals surface area contributed by atoms with Crippen LogP contribution in [0, 0.1) is 13.8 Å². The summed E-state index contributed by atoms with van der Waals surface area (Å²) in [6.45, 7) is 3.58. The minimum atomic E-state index is -4.05. The van der Waals surface area contributed by atoms with Crippen LogP contribution < -0.4 is 10.7 Å². The summed E-state index contributed by atoms with van der Waals surface area (Å²) in [7, 11) is -4.05. The summed E-state index contributed by atoms with van der Waals surface area (Å²) in [5.41, 5.74) is 1.51. The van der Waals surface area contributed by atoms with E-state index in [1.807, 2.05) is 25.1 Å². The number of fused-ring (bicyclic) bond motifs is 1. The lowest BCUT2D eigenvalue weighted by molar-refractivity contribution is 0.598. The van der Waals surface area contributed by atoms with Crippen molar-refractivity contribution in [3.8, 4) is 5.69 Å². The van der Waals surface area contributed by atoms with Gasteiger partial charge >= 0.3 is 0 Å². The molecule has 0 saturated heterocycles. The summed E-state index contributed by atoms with van der Waals surface area (Å²) in [6, 6.07) is 9.88. The lowest BCUT2D eigenvalue weighted by Crippen LogP contribution is -2.23. The zero-order valence-electron chi connectivity index (χ0n) is 12.9. The Bertz CT molecular complexity index is 1140. The van der Waals surface area contributed by atoms with Crippen LogP contribution in [0.4, 0.5) is 0 Å². The molecule has 6 nitrogen and oxygen atoms in total. The monoisotopic (exact) mass is 363 g/mol. The molecule has 1 heterocycles. The quantitative estimate of drug-likeness (QED) is 0.755. The first-order chi connectivity index (χ1) is 11.2. The van der Waals surface area contributed by atoms with Gasteiger partial charge in [0.05, 0.1) is 21.6 Å². The average Bonchev–Trinajstić information content (AvgIpc) is 2.47. The number of sulfonamides is 1. The molecule has 0 spiro atoms. The van der Waals surface area contributed by atoms with Crippen molar-refractivity contribution in [3.63, 3.8) is 0 Å². The summed E-state index contributed by atoms with van der Waals surface area (Å²) in [4.78, 5) is 17.0. The molecule has 0 unspecified atom stereocenters. The van der Waals surface area contributed by atoms with Gasteiger partial charge in [-0.05, 0) is 37.6 Å². The van der Waals surface area contributed by atoms with Gasteiger partial charge in [0.2, 0.25) is 10.0 Å². The van der Waals surface area contributed by atoms with Crippen LogP contribution in [0.5, 0.6) is 0 Å². The maximum atomic E-state index is 12.9. The van der Waals surface area contributed by atoms with Gasteiger partial charge < -0.3 is 0 Å². The second-order valence-corrected chi connectivity index (χ2v) is 7.37. The lowest BCUT2D eigenvalue weighted by Gasteiger charge is -2.13. The van der Waals surface area contributed by atoms with Gasteiger partial charge in [0.15, 0.2) is 0 Å². The minimum Gasteiger partial charge on any atom is -0.268 e. The molecule has 0 aliphatic carbocycles. The molecule has 2 N–H and O–H groups in total. The molecule has 0 radical (unpaired) electrons. The third-order valence-corrected chi connectivity index (χ3v) is 5.13. The predicted octanol–water partition coefficient (Wildman–Crippen LogP) is 2.30. The van der Waals surface area contributed by atoms with E-state index in [1.165, 1.54) is 16.7 Å². The largest absolute Gasteiger partial charge is 0.268 e. The Balaban J connectivity index is 2.45. The summed E-state index contributed by atoms with van der Waals surface area (Å²) >= 11 is 5.97. The number of rotatable bonds is 2. The molecule has 24 heavy (non-hydrogen) atoms. The van der Waals surface area contributed by atoms with Crippen molar-refractivity contribution >= 4 is 32.5 Å². The molecule has 0 atom stereocenters. The van der Waals surface area contributed by atoms with Crippen LogP contribution in [0.15, 0.2) is 46.1 Å². The maximum absolute atomic E-state index is 12.9. The fourth-order valence-corrected chi connectivity index (χ4v) is 3.71. The fraction of sp³-hybridized carbons (Fsp3) is 0.125. The highest BCUT2D eigenvalue weighted by molar-refractivity contribution is 7.89. The van der Waals surface area contributed by atoms with Gasteiger partial charge in [-0.15, -0.1) is 0 Å². The van der Waals surface area contributed by atoms with Gasteiger partial charge in [-0.1, -0.05) is 29.8 Å². The Morgan fingerprint density at radius 1 is 1.17 bits per heavy atom. The Morgan fingerprint density at radius 3 is 2.46 bits per heavy atom. The number of para-hydroxylation sites is 1. The Labute approximate surface area is 143 Å². The maximum Gasteiger partial charge on any atom is 0.266 e. The standard InChI is InChI=1S/C16H14ClN3O3S/c1-9-5-3-4-6-14(9)20-10(2)19-13-8-12(17)15(24(18,22)23)7-11(13)16(20)21/h3-8H,1-2H3,(H2,18,22,23). The number of halogens is 1. The zero-order valence-corrected chi connectivity index (χ0v) is 14.5. The number of aryl methyl sites for hydroxylation is 2. The van der Waals surface area contributed by atoms with Gasteiger partial charge in [0.25, 0.3) is 5.56 Å². The number of nitrogens with two attached hydrogens (primary N) is 1. The molecule has 2 aromatic carbocycles. The topological polar surface area (TPSA) is 95.1 Å². The fourth-order valence-electron chi connectivity index (χ4n) is 2.61. The molecule has 0 amide bonds. The Hall–Kier alpha value is -2.22. The molecular weight excluding hydrogens is 350 g/mol. The summed E-state index contributed by atoms with van der Waals surface area (Å²) in [6.07, 6.45) is 0. The van der Waals surface area contributed by atoms with Gasteiger partial charge in [-0.2, -0.15) is 0 Å². The number of hydrogen-bond donors (Lipinski definition) is 1. The second-order valence-electron chi connectivity index (χ2n) is 5.43. The van der Waals surface area contributed by atoms with Gasteiger partial charge in [-0.3, -0.25) is 9.36 Å². The van der Waals surface area contributed by atoms with E-state index in [-0.39, 0.29) is 20.9 Å². The molecule has 0 bridgehead atoms. The molecule has 0 fully saturated rings. The van der Waals surface area contributed by atoms with Crippen LogP contribution in [0.3, 0.4) is 0 Å². The first-order valence-electron chi connectivity index (χ1n) is 7.02. The highest BCUT2D eigenvalue weighted by Gasteiger charge is 2.18. The van der Waals surface area contributed by atoms with Gasteiger partial charge in [0, 0.05) is 0 Å². The van der Waals surface area contributed by atoms with E-state index < -0.39 is 10.0 Å². The van der Waals surface area contributed by atoms with Crippen molar-refractivity contribution < 1.29 is 8.42 Å². The number of hydrogen-bond acceptors (Lipinski definition) is 4. The normalized spacial score (nSPS) is 11.8. The van der Waals surface area contributed by atoms with Crippen molar-refractivity contribution in [1.82, 2.24) is 9.55 Å². The molecule has 3 aromatic rings. The van der Waals surface area contributed by atoms with Crippen molar-refractivity contribution in [2.24, 2.45) is 5.14 Å². The molecule has 0 aliphatic rings. The third kappa shape index (κ3) is 2.71. The predicted molar refractivity (Wildman–Crippen MR) is 93.2 cm³/mol. The summed E-state index contributed by atoms with van der Waals surface area (Å²) in [5.74, 6) is 0.473. The number of aromatic nitrogens is 2. The SMILES string of the molecule is Cc1ccccc1-n1c(C)nc2cc(Cl)c(S(N)(=O)=O)cc2c1=O. The molecule has 124 valence electrons. The molecule has 0 aliphatic heterocycles. The smallest absolute Gasteiger partial charge is 0.266 e. The van der Waals surface area contributed by atoms with Crippen LogP contribution in [0.25, 0.3) is 16.6 Å². The van der Waals surface area contributed by atoms with Crippen LogP contribution in [0.2, 0.25) is 5.02 Å². The van der Waals surface area contributed by atoms with E-state index in [0.29, 0.717) is 17.0 Å². The van der Waals surface area contributed by atoms with Crippen LogP contribution in [-0.2, 0) is 10.0 Å². The molecule has 1 aromatic heterocycles. The Morgan fingerprint density at radius 2 is 1.83 bits per heavy atom.